The van der Waals surface area contributed by atoms with Gasteiger partial charge in [0.2, 0.25) is 0 Å². The van der Waals surface area contributed by atoms with E-state index in [0.29, 0.717) is 0 Å². The van der Waals surface area contributed by atoms with E-state index < -0.39 is 0 Å². The fourth-order valence-corrected chi connectivity index (χ4v) is 1.29. The first-order chi connectivity index (χ1) is 6.81. The molecule has 1 aromatic rings. The Bertz CT molecular complexity index is 252. The minimum Gasteiger partial charge on any atom is -0.497 e. The summed E-state index contributed by atoms with van der Waals surface area (Å²) in [4.78, 5) is 0. The molecular formula is C12H19NO. The van der Waals surface area contributed by atoms with Crippen molar-refractivity contribution in [1.29, 1.82) is 0 Å². The van der Waals surface area contributed by atoms with E-state index in [0.717, 1.165) is 18.2 Å². The lowest BCUT2D eigenvalue weighted by molar-refractivity contribution is 0.414. The molecule has 1 aromatic carbocycles. The first-order valence-corrected chi connectivity index (χ1v) is 5.15. The van der Waals surface area contributed by atoms with Gasteiger partial charge in [0.1, 0.15) is 5.75 Å². The van der Waals surface area contributed by atoms with Crippen LogP contribution < -0.4 is 10.5 Å². The van der Waals surface area contributed by atoms with E-state index in [1.807, 2.05) is 19.1 Å². The molecule has 0 spiro atoms. The second-order valence-electron chi connectivity index (χ2n) is 3.46. The molecule has 78 valence electrons. The van der Waals surface area contributed by atoms with Gasteiger partial charge in [0.15, 0.2) is 0 Å². The SMILES string of the molecule is CCN.COc1ccc(C2CC2)cc1. The molecule has 2 N–H and O–H groups in total. The van der Waals surface area contributed by atoms with E-state index in [2.05, 4.69) is 12.1 Å². The van der Waals surface area contributed by atoms with Crippen molar-refractivity contribution >= 4 is 0 Å². The van der Waals surface area contributed by atoms with Crippen molar-refractivity contribution in [3.8, 4) is 5.75 Å². The van der Waals surface area contributed by atoms with Crippen molar-refractivity contribution < 1.29 is 4.74 Å². The maximum atomic E-state index is 5.07. The molecule has 0 atom stereocenters. The summed E-state index contributed by atoms with van der Waals surface area (Å²) in [6.07, 6.45) is 2.73. The van der Waals surface area contributed by atoms with Crippen LogP contribution in [0.3, 0.4) is 0 Å². The number of benzene rings is 1. The van der Waals surface area contributed by atoms with E-state index in [1.54, 1.807) is 7.11 Å². The molecule has 1 aliphatic rings. The highest BCUT2D eigenvalue weighted by Gasteiger charge is 2.22. The van der Waals surface area contributed by atoms with Crippen LogP contribution in [0.25, 0.3) is 0 Å². The van der Waals surface area contributed by atoms with E-state index >= 15 is 0 Å². The summed E-state index contributed by atoms with van der Waals surface area (Å²) in [5.41, 5.74) is 6.31. The molecule has 14 heavy (non-hydrogen) atoms. The predicted molar refractivity (Wildman–Crippen MR) is 59.7 cm³/mol. The molecule has 0 bridgehead atoms. The zero-order valence-electron chi connectivity index (χ0n) is 8.99. The quantitative estimate of drug-likeness (QED) is 0.783. The second-order valence-corrected chi connectivity index (χ2v) is 3.46. The van der Waals surface area contributed by atoms with Gasteiger partial charge in [0.25, 0.3) is 0 Å². The minimum absolute atomic E-state index is 0.750. The van der Waals surface area contributed by atoms with Crippen LogP contribution in [0.2, 0.25) is 0 Å². The van der Waals surface area contributed by atoms with Crippen LogP contribution in [0.4, 0.5) is 0 Å². The van der Waals surface area contributed by atoms with Crippen LogP contribution >= 0.6 is 0 Å². The summed E-state index contributed by atoms with van der Waals surface area (Å²) in [6.45, 7) is 2.65. The van der Waals surface area contributed by atoms with Gasteiger partial charge in [-0.05, 0) is 43.0 Å². The van der Waals surface area contributed by atoms with Crippen LogP contribution in [0.1, 0.15) is 31.2 Å². The Morgan fingerprint density at radius 1 is 1.29 bits per heavy atom. The predicted octanol–water partition coefficient (Wildman–Crippen LogP) is 2.54. The Morgan fingerprint density at radius 3 is 2.14 bits per heavy atom. The lowest BCUT2D eigenvalue weighted by Gasteiger charge is -2.00. The molecule has 2 heteroatoms. The molecule has 2 nitrogen and oxygen atoms in total. The number of nitrogens with two attached hydrogens (primary N) is 1. The third kappa shape index (κ3) is 3.38. The van der Waals surface area contributed by atoms with Gasteiger partial charge in [-0.2, -0.15) is 0 Å². The van der Waals surface area contributed by atoms with Gasteiger partial charge in [0, 0.05) is 0 Å². The lowest BCUT2D eigenvalue weighted by atomic mass is 10.1. The average molecular weight is 193 g/mol. The Balaban J connectivity index is 0.000000293. The van der Waals surface area contributed by atoms with Crippen LogP contribution in [0.15, 0.2) is 24.3 Å². The molecule has 0 unspecified atom stereocenters. The lowest BCUT2D eigenvalue weighted by Crippen LogP contribution is -1.87. The minimum atomic E-state index is 0.750. The highest BCUT2D eigenvalue weighted by molar-refractivity contribution is 5.31. The second kappa shape index (κ2) is 5.66. The normalized spacial score (nSPS) is 14.2. The fraction of sp³-hybridized carbons (Fsp3) is 0.500. The van der Waals surface area contributed by atoms with Gasteiger partial charge in [-0.15, -0.1) is 0 Å². The van der Waals surface area contributed by atoms with Gasteiger partial charge in [-0.25, -0.2) is 0 Å². The van der Waals surface area contributed by atoms with Crippen molar-refractivity contribution in [1.82, 2.24) is 0 Å². The molecular weight excluding hydrogens is 174 g/mol. The van der Waals surface area contributed by atoms with Crippen molar-refractivity contribution in [2.75, 3.05) is 13.7 Å². The molecule has 2 rings (SSSR count). The number of methoxy groups -OCH3 is 1. The smallest absolute Gasteiger partial charge is 0.118 e. The van der Waals surface area contributed by atoms with E-state index in [1.165, 1.54) is 18.4 Å². The van der Waals surface area contributed by atoms with Gasteiger partial charge in [-0.3, -0.25) is 0 Å². The Morgan fingerprint density at radius 2 is 1.79 bits per heavy atom. The van der Waals surface area contributed by atoms with Crippen molar-refractivity contribution in [2.45, 2.75) is 25.7 Å². The van der Waals surface area contributed by atoms with Gasteiger partial charge in [0.05, 0.1) is 7.11 Å². The first kappa shape index (κ1) is 11.1. The highest BCUT2D eigenvalue weighted by Crippen LogP contribution is 2.40. The first-order valence-electron chi connectivity index (χ1n) is 5.15. The van der Waals surface area contributed by atoms with Crippen LogP contribution in [-0.2, 0) is 0 Å². The Hall–Kier alpha value is -1.02. The maximum Gasteiger partial charge on any atom is 0.118 e. The van der Waals surface area contributed by atoms with Crippen LogP contribution in [-0.4, -0.2) is 13.7 Å². The molecule has 0 heterocycles. The Labute approximate surface area is 86.1 Å². The molecule has 0 aliphatic heterocycles. The molecule has 0 saturated heterocycles. The number of rotatable bonds is 2. The molecule has 1 saturated carbocycles. The summed E-state index contributed by atoms with van der Waals surface area (Å²) < 4.78 is 5.07. The summed E-state index contributed by atoms with van der Waals surface area (Å²) in [7, 11) is 1.70. The summed E-state index contributed by atoms with van der Waals surface area (Å²) in [6, 6.07) is 8.40. The number of hydrogen-bond donors (Lipinski definition) is 1. The van der Waals surface area contributed by atoms with Gasteiger partial charge >= 0.3 is 0 Å². The average Bonchev–Trinajstić information content (AvgIpc) is 3.03. The number of ether oxygens (including phenoxy) is 1. The van der Waals surface area contributed by atoms with Crippen molar-refractivity contribution in [3.63, 3.8) is 0 Å². The van der Waals surface area contributed by atoms with E-state index in [9.17, 15) is 0 Å². The monoisotopic (exact) mass is 193 g/mol. The van der Waals surface area contributed by atoms with E-state index in [-0.39, 0.29) is 0 Å². The maximum absolute atomic E-state index is 5.07. The topological polar surface area (TPSA) is 35.2 Å². The third-order valence-corrected chi connectivity index (χ3v) is 2.16. The molecule has 1 fully saturated rings. The molecule has 0 aromatic heterocycles. The zero-order valence-corrected chi connectivity index (χ0v) is 8.99. The highest BCUT2D eigenvalue weighted by atomic mass is 16.5. The molecule has 0 amide bonds. The van der Waals surface area contributed by atoms with Crippen molar-refractivity contribution in [3.05, 3.63) is 29.8 Å². The largest absolute Gasteiger partial charge is 0.497 e. The molecule has 1 aliphatic carbocycles. The standard InChI is InChI=1S/C10H12O.C2H7N/c1-11-10-6-4-9(5-7-10)8-2-3-8;1-2-3/h4-8H,2-3H2,1H3;2-3H2,1H3. The summed E-state index contributed by atoms with van der Waals surface area (Å²) >= 11 is 0. The van der Waals surface area contributed by atoms with Gasteiger partial charge < -0.3 is 10.5 Å². The van der Waals surface area contributed by atoms with Crippen molar-refractivity contribution in [2.24, 2.45) is 5.73 Å². The third-order valence-electron chi connectivity index (χ3n) is 2.16. The summed E-state index contributed by atoms with van der Waals surface area (Å²) in [5.74, 6) is 1.80. The van der Waals surface area contributed by atoms with Crippen LogP contribution in [0.5, 0.6) is 5.75 Å². The van der Waals surface area contributed by atoms with E-state index in [4.69, 9.17) is 10.5 Å². The van der Waals surface area contributed by atoms with Crippen LogP contribution in [0, 0.1) is 0 Å². The Kier molecular flexibility index (Phi) is 4.47. The van der Waals surface area contributed by atoms with Gasteiger partial charge in [-0.1, -0.05) is 19.1 Å². The summed E-state index contributed by atoms with van der Waals surface area (Å²) in [5, 5.41) is 0. The molecule has 0 radical (unpaired) electrons. The zero-order chi connectivity index (χ0) is 10.4. The number of hydrogen-bond acceptors (Lipinski definition) is 2. The fourth-order valence-electron chi connectivity index (χ4n) is 1.29.